The van der Waals surface area contributed by atoms with Gasteiger partial charge in [-0.15, -0.1) is 0 Å². The van der Waals surface area contributed by atoms with Crippen LogP contribution in [0.2, 0.25) is 0 Å². The second-order valence-electron chi connectivity index (χ2n) is 8.12. The molecule has 0 aromatic heterocycles. The molecule has 0 fully saturated rings. The lowest BCUT2D eigenvalue weighted by Gasteiger charge is -2.21. The Bertz CT molecular complexity index is 1110. The molecule has 188 valence electrons. The minimum Gasteiger partial charge on any atom is -0.429 e. The third kappa shape index (κ3) is 6.50. The van der Waals surface area contributed by atoms with Crippen molar-refractivity contribution in [2.45, 2.75) is 58.2 Å². The van der Waals surface area contributed by atoms with Crippen molar-refractivity contribution in [3.63, 3.8) is 0 Å². The van der Waals surface area contributed by atoms with Crippen molar-refractivity contribution in [1.82, 2.24) is 0 Å². The van der Waals surface area contributed by atoms with Gasteiger partial charge in [0.15, 0.2) is 11.6 Å². The number of hydrogen-bond donors (Lipinski definition) is 0. The van der Waals surface area contributed by atoms with E-state index in [2.05, 4.69) is 4.74 Å². The maximum absolute atomic E-state index is 14.6. The molecule has 0 amide bonds. The second kappa shape index (κ2) is 11.1. The Kier molecular flexibility index (Phi) is 8.35. The quantitative estimate of drug-likeness (QED) is 0.196. The van der Waals surface area contributed by atoms with E-state index in [9.17, 15) is 26.3 Å². The first kappa shape index (κ1) is 26.4. The molecule has 0 aliphatic rings. The number of ether oxygens (including phenoxy) is 2. The number of halogens is 6. The smallest absolute Gasteiger partial charge is 0.429 e. The molecule has 0 aliphatic carbocycles. The number of benzene rings is 3. The van der Waals surface area contributed by atoms with Crippen LogP contribution in [0.4, 0.5) is 26.3 Å². The molecular formula is C27H26F6O2. The molecule has 0 spiro atoms. The summed E-state index contributed by atoms with van der Waals surface area (Å²) in [4.78, 5) is 0. The molecule has 0 radical (unpaired) electrons. The highest BCUT2D eigenvalue weighted by atomic mass is 19.3. The van der Waals surface area contributed by atoms with Crippen LogP contribution in [0.1, 0.15) is 55.4 Å². The summed E-state index contributed by atoms with van der Waals surface area (Å²) in [7, 11) is 0. The minimum atomic E-state index is -4.23. The van der Waals surface area contributed by atoms with Gasteiger partial charge in [0, 0.05) is 0 Å². The maximum Gasteiger partial charge on any atom is 0.429 e. The van der Waals surface area contributed by atoms with E-state index in [4.69, 9.17) is 4.74 Å². The van der Waals surface area contributed by atoms with Gasteiger partial charge in [-0.25, -0.2) is 8.78 Å². The fraction of sp³-hybridized carbons (Fsp3) is 0.333. The van der Waals surface area contributed by atoms with Crippen molar-refractivity contribution < 1.29 is 35.8 Å². The Morgan fingerprint density at radius 3 is 1.80 bits per heavy atom. The van der Waals surface area contributed by atoms with Gasteiger partial charge in [-0.2, -0.15) is 17.6 Å². The van der Waals surface area contributed by atoms with E-state index in [1.165, 1.54) is 12.1 Å². The zero-order valence-corrected chi connectivity index (χ0v) is 19.4. The first-order valence-corrected chi connectivity index (χ1v) is 11.4. The van der Waals surface area contributed by atoms with Gasteiger partial charge in [0.2, 0.25) is 0 Å². The van der Waals surface area contributed by atoms with E-state index in [1.807, 2.05) is 13.8 Å². The SMILES string of the molecule is CCCCCc1ccc(C(F)(F)Oc2ccc(C(F)(F)Oc3ccc(CC)cc3)cc2)c(F)c1F. The van der Waals surface area contributed by atoms with Gasteiger partial charge in [-0.3, -0.25) is 0 Å². The molecule has 0 aliphatic heterocycles. The van der Waals surface area contributed by atoms with Gasteiger partial charge in [-0.05, 0) is 72.9 Å². The Labute approximate surface area is 200 Å². The number of unbranched alkanes of at least 4 members (excludes halogenated alkanes) is 2. The van der Waals surface area contributed by atoms with Crippen molar-refractivity contribution in [1.29, 1.82) is 0 Å². The van der Waals surface area contributed by atoms with E-state index in [1.54, 1.807) is 12.1 Å². The van der Waals surface area contributed by atoms with Crippen LogP contribution in [-0.2, 0) is 25.1 Å². The summed E-state index contributed by atoms with van der Waals surface area (Å²) in [5.41, 5.74) is -0.916. The summed E-state index contributed by atoms with van der Waals surface area (Å²) in [6.07, 6.45) is -4.73. The molecule has 0 saturated carbocycles. The maximum atomic E-state index is 14.6. The van der Waals surface area contributed by atoms with E-state index in [0.29, 0.717) is 6.42 Å². The normalized spacial score (nSPS) is 12.0. The standard InChI is InChI=1S/C27H26F6O2/c1-3-5-6-7-19-10-17-23(25(29)24(19)28)27(32,33)35-22-15-11-20(12-16-22)26(30,31)34-21-13-8-18(4-2)9-14-21/h8-17H,3-7H2,1-2H3. The third-order valence-corrected chi connectivity index (χ3v) is 5.54. The van der Waals surface area contributed by atoms with Crippen LogP contribution in [0.25, 0.3) is 0 Å². The molecule has 0 N–H and O–H groups in total. The molecule has 0 unspecified atom stereocenters. The lowest BCUT2D eigenvalue weighted by Crippen LogP contribution is -2.25. The zero-order valence-electron chi connectivity index (χ0n) is 19.4. The predicted octanol–water partition coefficient (Wildman–Crippen LogP) is 8.52. The Morgan fingerprint density at radius 1 is 0.657 bits per heavy atom. The molecule has 0 saturated heterocycles. The van der Waals surface area contributed by atoms with E-state index < -0.39 is 40.7 Å². The highest BCUT2D eigenvalue weighted by molar-refractivity contribution is 5.34. The van der Waals surface area contributed by atoms with E-state index in [-0.39, 0.29) is 17.7 Å². The van der Waals surface area contributed by atoms with Crippen LogP contribution in [0.15, 0.2) is 60.7 Å². The summed E-state index contributed by atoms with van der Waals surface area (Å²) in [5, 5.41) is 0. The number of rotatable bonds is 11. The number of hydrogen-bond acceptors (Lipinski definition) is 2. The predicted molar refractivity (Wildman–Crippen MR) is 121 cm³/mol. The summed E-state index contributed by atoms with van der Waals surface area (Å²) < 4.78 is 96.2. The first-order valence-electron chi connectivity index (χ1n) is 11.4. The van der Waals surface area contributed by atoms with Gasteiger partial charge >= 0.3 is 12.2 Å². The van der Waals surface area contributed by atoms with Crippen molar-refractivity contribution in [3.8, 4) is 11.5 Å². The topological polar surface area (TPSA) is 18.5 Å². The molecular weight excluding hydrogens is 470 g/mol. The van der Waals surface area contributed by atoms with Crippen molar-refractivity contribution in [2.75, 3.05) is 0 Å². The molecule has 0 atom stereocenters. The van der Waals surface area contributed by atoms with E-state index in [0.717, 1.165) is 61.2 Å². The summed E-state index contributed by atoms with van der Waals surface area (Å²) in [6, 6.07) is 11.5. The molecule has 3 aromatic carbocycles. The first-order chi connectivity index (χ1) is 16.6. The lowest BCUT2D eigenvalue weighted by molar-refractivity contribution is -0.188. The Balaban J connectivity index is 1.72. The summed E-state index contributed by atoms with van der Waals surface area (Å²) in [5.74, 6) is -3.61. The third-order valence-electron chi connectivity index (χ3n) is 5.54. The van der Waals surface area contributed by atoms with Crippen LogP contribution in [0.3, 0.4) is 0 Å². The highest BCUT2D eigenvalue weighted by Crippen LogP contribution is 2.37. The Morgan fingerprint density at radius 2 is 1.23 bits per heavy atom. The minimum absolute atomic E-state index is 0.00594. The molecule has 2 nitrogen and oxygen atoms in total. The van der Waals surface area contributed by atoms with Crippen molar-refractivity contribution in [3.05, 3.63) is 94.6 Å². The highest BCUT2D eigenvalue weighted by Gasteiger charge is 2.40. The second-order valence-corrected chi connectivity index (χ2v) is 8.12. The number of alkyl halides is 4. The van der Waals surface area contributed by atoms with Crippen LogP contribution >= 0.6 is 0 Å². The van der Waals surface area contributed by atoms with Crippen LogP contribution in [0, 0.1) is 11.6 Å². The monoisotopic (exact) mass is 496 g/mol. The lowest BCUT2D eigenvalue weighted by atomic mass is 10.0. The van der Waals surface area contributed by atoms with Crippen molar-refractivity contribution >= 4 is 0 Å². The molecule has 3 rings (SSSR count). The molecule has 35 heavy (non-hydrogen) atoms. The van der Waals surface area contributed by atoms with Gasteiger partial charge in [0.25, 0.3) is 0 Å². The van der Waals surface area contributed by atoms with Crippen LogP contribution in [-0.4, -0.2) is 0 Å². The Hall–Kier alpha value is -3.16. The molecule has 3 aromatic rings. The average molecular weight is 496 g/mol. The fourth-order valence-electron chi connectivity index (χ4n) is 3.49. The van der Waals surface area contributed by atoms with Gasteiger partial charge in [-0.1, -0.05) is 44.9 Å². The summed E-state index contributed by atoms with van der Waals surface area (Å²) in [6.45, 7) is 3.87. The number of aryl methyl sites for hydroxylation is 2. The van der Waals surface area contributed by atoms with Crippen molar-refractivity contribution in [2.24, 2.45) is 0 Å². The summed E-state index contributed by atoms with van der Waals surface area (Å²) >= 11 is 0. The van der Waals surface area contributed by atoms with Crippen LogP contribution in [0.5, 0.6) is 11.5 Å². The van der Waals surface area contributed by atoms with E-state index >= 15 is 0 Å². The molecule has 0 heterocycles. The van der Waals surface area contributed by atoms with Crippen LogP contribution < -0.4 is 9.47 Å². The fourth-order valence-corrected chi connectivity index (χ4v) is 3.49. The van der Waals surface area contributed by atoms with Gasteiger partial charge < -0.3 is 9.47 Å². The van der Waals surface area contributed by atoms with Gasteiger partial charge in [0.1, 0.15) is 17.1 Å². The van der Waals surface area contributed by atoms with Gasteiger partial charge in [0.05, 0.1) is 5.56 Å². The molecule has 0 bridgehead atoms. The molecule has 8 heteroatoms. The average Bonchev–Trinajstić information content (AvgIpc) is 2.82. The zero-order chi connectivity index (χ0) is 25.6. The largest absolute Gasteiger partial charge is 0.429 e.